The second-order valence-corrected chi connectivity index (χ2v) is 21.2. The molecule has 1 saturated heterocycles. The zero-order valence-electron chi connectivity index (χ0n) is 43.9. The molecule has 2 heterocycles. The number of halogens is 2. The third-order valence-electron chi connectivity index (χ3n) is 13.2. The van der Waals surface area contributed by atoms with Crippen molar-refractivity contribution in [2.24, 2.45) is 0 Å². The third-order valence-corrected chi connectivity index (χ3v) is 15.9. The second kappa shape index (κ2) is 26.7. The Bertz CT molecular complexity index is 2810. The zero-order valence-corrected chi connectivity index (χ0v) is 46.3. The van der Waals surface area contributed by atoms with Gasteiger partial charge >= 0.3 is 6.09 Å². The summed E-state index contributed by atoms with van der Waals surface area (Å²) in [5, 5.41) is 16.7. The number of carbonyl (C=O) groups excluding carboxylic acids is 1. The monoisotopic (exact) mass is 1090 g/mol. The lowest BCUT2D eigenvalue weighted by molar-refractivity contribution is -0.0116. The Morgan fingerprint density at radius 1 is 0.829 bits per heavy atom. The van der Waals surface area contributed by atoms with Crippen molar-refractivity contribution in [3.05, 3.63) is 187 Å². The van der Waals surface area contributed by atoms with E-state index in [1.54, 1.807) is 51.6 Å². The van der Waals surface area contributed by atoms with Gasteiger partial charge in [-0.1, -0.05) is 102 Å². The smallest absolute Gasteiger partial charge is 0.408 e. The molecule has 18 heteroatoms. The highest BCUT2D eigenvalue weighted by atomic mass is 35.5. The molecule has 0 radical (unpaired) electrons. The number of alkyl carbamates (subject to hydrolysis) is 1. The minimum absolute atomic E-state index is 0.0115. The van der Waals surface area contributed by atoms with E-state index in [4.69, 9.17) is 61.7 Å². The fourth-order valence-corrected chi connectivity index (χ4v) is 11.5. The Morgan fingerprint density at radius 2 is 1.37 bits per heavy atom. The Balaban J connectivity index is 1.21. The van der Waals surface area contributed by atoms with Gasteiger partial charge in [0.15, 0.2) is 5.60 Å². The summed E-state index contributed by atoms with van der Waals surface area (Å²) in [7, 11) is 1.54. The van der Waals surface area contributed by atoms with E-state index in [0.29, 0.717) is 50.5 Å². The van der Waals surface area contributed by atoms with Crippen molar-refractivity contribution in [1.82, 2.24) is 15.0 Å². The molecule has 1 aliphatic rings. The Kier molecular flexibility index (Phi) is 20.2. The second-order valence-electron chi connectivity index (χ2n) is 18.9. The standard InChI is InChI=1S/C58H67Cl2N6O9P/c1-38(2)66(39(3)4)76(72-34-12-32-61)75-50-35-52(65-55-53(62)54(67)40(5)36-63-55)73-51(50)37-64-56(68)74-57(41-15-23-46(59)24-16-41,42-17-25-47(60)26-18-42)31-11-33-71-58(43-13-9-8-10-14-43,44-19-27-48(69-6)28-20-44)45-21-29-49(70-7)30-22-45/h8-10,13-30,36,38-39,50-52H,11-12,31,33-35,37,62H2,1-7H3,(H,64,68)(H2,63,65,67). The number of nitrogens with two attached hydrogens (primary N) is 1. The highest BCUT2D eigenvalue weighted by Gasteiger charge is 2.44. The normalized spacial score (nSPS) is 16.1. The summed E-state index contributed by atoms with van der Waals surface area (Å²) >= 11 is 13.0. The van der Waals surface area contributed by atoms with Crippen LogP contribution in [0.15, 0.2) is 138 Å². The number of nitriles is 1. The molecule has 7 rings (SSSR count). The SMILES string of the molecule is COc1ccc(C(OCCCC(OC(=O)NCC2OC(Nc3[nH]cc(C)c(=O)c3N)CC2OP(OCCC#N)N(C(C)C)C(C)C)(c2ccc(Cl)cc2)c2ccc(Cl)cc2)(c2ccccc2)c2ccc(OC)cc2)cc1. The van der Waals surface area contributed by atoms with E-state index in [2.05, 4.69) is 54.1 Å². The van der Waals surface area contributed by atoms with Gasteiger partial charge in [0, 0.05) is 64.6 Å². The first-order valence-electron chi connectivity index (χ1n) is 25.2. The van der Waals surface area contributed by atoms with E-state index < -0.39 is 44.3 Å². The number of ether oxygens (including phenoxy) is 5. The number of rotatable bonds is 25. The van der Waals surface area contributed by atoms with Crippen LogP contribution in [-0.4, -0.2) is 80.2 Å². The minimum Gasteiger partial charge on any atom is -0.497 e. The van der Waals surface area contributed by atoms with Crippen LogP contribution < -0.4 is 31.3 Å². The van der Waals surface area contributed by atoms with Gasteiger partial charge in [0.1, 0.15) is 40.9 Å². The Morgan fingerprint density at radius 3 is 1.89 bits per heavy atom. The van der Waals surface area contributed by atoms with Crippen LogP contribution in [0.3, 0.4) is 0 Å². The molecule has 15 nitrogen and oxygen atoms in total. The van der Waals surface area contributed by atoms with Crippen LogP contribution in [-0.2, 0) is 34.5 Å². The number of hydrogen-bond acceptors (Lipinski definition) is 13. The molecule has 4 atom stereocenters. The number of anilines is 2. The summed E-state index contributed by atoms with van der Waals surface area (Å²) in [5.74, 6) is 1.69. The number of amides is 1. The van der Waals surface area contributed by atoms with Crippen LogP contribution in [0.25, 0.3) is 0 Å². The van der Waals surface area contributed by atoms with E-state index in [-0.39, 0.29) is 62.2 Å². The molecule has 5 N–H and O–H groups in total. The first-order valence-corrected chi connectivity index (χ1v) is 27.1. The maximum absolute atomic E-state index is 14.8. The summed E-state index contributed by atoms with van der Waals surface area (Å²) in [6.45, 7) is 10.2. The Hall–Kier alpha value is -6.18. The highest BCUT2D eigenvalue weighted by Crippen LogP contribution is 2.50. The van der Waals surface area contributed by atoms with Crippen LogP contribution in [0, 0.1) is 18.3 Å². The number of aryl methyl sites for hydroxylation is 1. The van der Waals surface area contributed by atoms with Crippen molar-refractivity contribution in [3.8, 4) is 17.6 Å². The number of nitrogens with zero attached hydrogens (tertiary/aromatic N) is 2. The number of pyridine rings is 1. The number of hydrogen-bond donors (Lipinski definition) is 4. The quantitative estimate of drug-likeness (QED) is 0.0241. The fourth-order valence-electron chi connectivity index (χ4n) is 9.50. The van der Waals surface area contributed by atoms with Gasteiger partial charge in [-0.15, -0.1) is 0 Å². The number of aromatic amines is 1. The summed E-state index contributed by atoms with van der Waals surface area (Å²) < 4.78 is 47.1. The number of benzene rings is 5. The van der Waals surface area contributed by atoms with Gasteiger partial charge in [0.05, 0.1) is 39.4 Å². The van der Waals surface area contributed by atoms with E-state index in [1.807, 2.05) is 103 Å². The van der Waals surface area contributed by atoms with Crippen molar-refractivity contribution in [1.29, 1.82) is 5.26 Å². The summed E-state index contributed by atoms with van der Waals surface area (Å²) in [4.78, 5) is 30.7. The molecule has 4 unspecified atom stereocenters. The number of methoxy groups -OCH3 is 2. The summed E-state index contributed by atoms with van der Waals surface area (Å²) in [6, 6.07) is 42.3. The maximum Gasteiger partial charge on any atom is 0.408 e. The van der Waals surface area contributed by atoms with E-state index in [1.165, 1.54) is 0 Å². The van der Waals surface area contributed by atoms with Crippen LogP contribution in [0.1, 0.15) is 86.8 Å². The number of H-pyrrole nitrogens is 1. The molecule has 5 aromatic carbocycles. The largest absolute Gasteiger partial charge is 0.497 e. The lowest BCUT2D eigenvalue weighted by atomic mass is 9.79. The molecule has 6 aromatic rings. The molecular weight excluding hydrogens is 1030 g/mol. The van der Waals surface area contributed by atoms with Crippen LogP contribution in [0.2, 0.25) is 10.0 Å². The van der Waals surface area contributed by atoms with E-state index in [0.717, 1.165) is 16.7 Å². The molecular formula is C58H67Cl2N6O9P. The van der Waals surface area contributed by atoms with Gasteiger partial charge in [0.25, 0.3) is 8.53 Å². The summed E-state index contributed by atoms with van der Waals surface area (Å²) in [6.07, 6.45) is -0.214. The van der Waals surface area contributed by atoms with E-state index in [9.17, 15) is 14.9 Å². The van der Waals surface area contributed by atoms with Crippen molar-refractivity contribution >= 4 is 49.3 Å². The number of nitrogens with one attached hydrogen (secondary N) is 3. The Labute approximate surface area is 456 Å². The van der Waals surface area contributed by atoms with E-state index >= 15 is 0 Å². The number of aromatic nitrogens is 1. The maximum atomic E-state index is 14.8. The molecule has 1 aromatic heterocycles. The third kappa shape index (κ3) is 13.7. The molecule has 0 bridgehead atoms. The fraction of sp³-hybridized carbons (Fsp3) is 0.362. The first-order chi connectivity index (χ1) is 36.6. The minimum atomic E-state index is -1.72. The van der Waals surface area contributed by atoms with Gasteiger partial charge in [-0.2, -0.15) is 5.26 Å². The molecule has 1 amide bonds. The molecule has 0 aliphatic carbocycles. The molecule has 1 fully saturated rings. The predicted octanol–water partition coefficient (Wildman–Crippen LogP) is 12.2. The number of nitrogen functional groups attached to an aromatic ring is 1. The van der Waals surface area contributed by atoms with Crippen molar-refractivity contribution in [3.63, 3.8) is 0 Å². The van der Waals surface area contributed by atoms with Crippen molar-refractivity contribution in [2.45, 2.75) is 102 Å². The van der Waals surface area contributed by atoms with Crippen molar-refractivity contribution < 1.29 is 37.5 Å². The molecule has 402 valence electrons. The number of carbonyl (C=O) groups is 1. The topological polar surface area (TPSA) is 192 Å². The summed E-state index contributed by atoms with van der Waals surface area (Å²) in [5.41, 5.74) is 7.87. The molecule has 0 spiro atoms. The van der Waals surface area contributed by atoms with Gasteiger partial charge in [-0.25, -0.2) is 9.46 Å². The molecule has 0 saturated carbocycles. The lowest BCUT2D eigenvalue weighted by Crippen LogP contribution is -2.43. The van der Waals surface area contributed by atoms with Gasteiger partial charge < -0.3 is 54.1 Å². The van der Waals surface area contributed by atoms with Crippen LogP contribution >= 0.6 is 31.7 Å². The van der Waals surface area contributed by atoms with Gasteiger partial charge in [-0.3, -0.25) is 4.79 Å². The predicted molar refractivity (Wildman–Crippen MR) is 299 cm³/mol. The van der Waals surface area contributed by atoms with Gasteiger partial charge in [-0.05, 0) is 113 Å². The molecule has 76 heavy (non-hydrogen) atoms. The lowest BCUT2D eigenvalue weighted by Gasteiger charge is -2.38. The van der Waals surface area contributed by atoms with Crippen LogP contribution in [0.4, 0.5) is 16.3 Å². The zero-order chi connectivity index (χ0) is 54.4. The van der Waals surface area contributed by atoms with Gasteiger partial charge in [0.2, 0.25) is 5.43 Å². The highest BCUT2D eigenvalue weighted by molar-refractivity contribution is 7.44. The average molecular weight is 1090 g/mol. The first kappa shape index (κ1) is 57.5. The average Bonchev–Trinajstić information content (AvgIpc) is 3.83. The van der Waals surface area contributed by atoms with Crippen LogP contribution in [0.5, 0.6) is 11.5 Å². The molecule has 1 aliphatic heterocycles. The van der Waals surface area contributed by atoms with Crippen molar-refractivity contribution in [2.75, 3.05) is 45.0 Å².